The largest absolute Gasteiger partial charge is 0.329 e. The number of hydrogen-bond acceptors (Lipinski definition) is 3. The molecule has 0 fully saturated rings. The quantitative estimate of drug-likeness (QED) is 0.693. The van der Waals surface area contributed by atoms with Crippen LogP contribution in [-0.2, 0) is 10.2 Å². The second kappa shape index (κ2) is 6.54. The Labute approximate surface area is 99.6 Å². The van der Waals surface area contributed by atoms with Gasteiger partial charge in [-0.1, -0.05) is 13.8 Å². The van der Waals surface area contributed by atoms with E-state index in [2.05, 4.69) is 4.72 Å². The molecule has 16 heavy (non-hydrogen) atoms. The van der Waals surface area contributed by atoms with Crippen LogP contribution >= 0.6 is 0 Å². The first-order chi connectivity index (χ1) is 7.20. The summed E-state index contributed by atoms with van der Waals surface area (Å²) in [6.45, 7) is 8.08. The van der Waals surface area contributed by atoms with Crippen LogP contribution in [0.1, 0.15) is 34.1 Å². The molecule has 1 atom stereocenters. The minimum atomic E-state index is -3.41. The van der Waals surface area contributed by atoms with E-state index in [0.717, 1.165) is 6.42 Å². The van der Waals surface area contributed by atoms with Crippen LogP contribution in [0, 0.1) is 5.92 Å². The average molecular weight is 251 g/mol. The molecule has 0 radical (unpaired) electrons. The molecule has 0 aromatic rings. The zero-order valence-electron chi connectivity index (χ0n) is 10.9. The molecule has 0 aromatic heterocycles. The molecule has 0 heterocycles. The maximum Gasteiger partial charge on any atom is 0.279 e. The molecule has 0 saturated heterocycles. The predicted octanol–water partition coefficient (Wildman–Crippen LogP) is 0.534. The first kappa shape index (κ1) is 15.8. The van der Waals surface area contributed by atoms with E-state index in [4.69, 9.17) is 5.73 Å². The van der Waals surface area contributed by atoms with Crippen LogP contribution < -0.4 is 10.5 Å². The van der Waals surface area contributed by atoms with Crippen LogP contribution in [-0.4, -0.2) is 38.4 Å². The van der Waals surface area contributed by atoms with Crippen molar-refractivity contribution >= 4 is 10.2 Å². The lowest BCUT2D eigenvalue weighted by molar-refractivity contribution is 0.386. The molecular formula is C10H25N3O2S. The highest BCUT2D eigenvalue weighted by molar-refractivity contribution is 7.87. The first-order valence-electron chi connectivity index (χ1n) is 5.66. The molecular weight excluding hydrogens is 226 g/mol. The Morgan fingerprint density at radius 2 is 1.75 bits per heavy atom. The molecule has 3 N–H and O–H groups in total. The summed E-state index contributed by atoms with van der Waals surface area (Å²) in [5.74, 6) is 0.417. The molecule has 0 spiro atoms. The summed E-state index contributed by atoms with van der Waals surface area (Å²) >= 11 is 0. The monoisotopic (exact) mass is 251 g/mol. The molecule has 0 rings (SSSR count). The van der Waals surface area contributed by atoms with Gasteiger partial charge in [-0.2, -0.15) is 17.4 Å². The Hall–Kier alpha value is -0.170. The third-order valence-corrected chi connectivity index (χ3v) is 4.27. The fraction of sp³-hybridized carbons (Fsp3) is 1.00. The molecule has 98 valence electrons. The van der Waals surface area contributed by atoms with Gasteiger partial charge in [0, 0.05) is 25.7 Å². The Bertz CT molecular complexity index is 288. The Morgan fingerprint density at radius 1 is 1.25 bits per heavy atom. The Kier molecular flexibility index (Phi) is 6.47. The maximum atomic E-state index is 11.9. The molecule has 6 heteroatoms. The van der Waals surface area contributed by atoms with E-state index in [0.29, 0.717) is 12.5 Å². The highest BCUT2D eigenvalue weighted by Gasteiger charge is 2.23. The summed E-state index contributed by atoms with van der Waals surface area (Å²) < 4.78 is 27.7. The van der Waals surface area contributed by atoms with E-state index in [9.17, 15) is 8.42 Å². The molecule has 0 aromatic carbocycles. The van der Waals surface area contributed by atoms with Gasteiger partial charge in [0.05, 0.1) is 0 Å². The summed E-state index contributed by atoms with van der Waals surface area (Å²) in [7, 11) is -1.85. The fourth-order valence-electron chi connectivity index (χ4n) is 1.33. The topological polar surface area (TPSA) is 75.4 Å². The lowest BCUT2D eigenvalue weighted by atomic mass is 10.1. The zero-order valence-corrected chi connectivity index (χ0v) is 11.7. The molecule has 5 nitrogen and oxygen atoms in total. The van der Waals surface area contributed by atoms with Gasteiger partial charge >= 0.3 is 0 Å². The van der Waals surface area contributed by atoms with Crippen LogP contribution in [0.15, 0.2) is 0 Å². The van der Waals surface area contributed by atoms with Gasteiger partial charge in [-0.15, -0.1) is 0 Å². The molecule has 0 aliphatic rings. The second-order valence-electron chi connectivity index (χ2n) is 4.80. The zero-order chi connectivity index (χ0) is 12.9. The molecule has 1 unspecified atom stereocenters. The summed E-state index contributed by atoms with van der Waals surface area (Å²) in [6, 6.07) is -0.249. The van der Waals surface area contributed by atoms with E-state index in [1.807, 2.05) is 27.7 Å². The van der Waals surface area contributed by atoms with Crippen LogP contribution in [0.2, 0.25) is 0 Å². The van der Waals surface area contributed by atoms with E-state index >= 15 is 0 Å². The number of hydrogen-bond donors (Lipinski definition) is 2. The van der Waals surface area contributed by atoms with Crippen molar-refractivity contribution in [3.05, 3.63) is 0 Å². The number of rotatable bonds is 7. The number of nitrogens with zero attached hydrogens (tertiary/aromatic N) is 1. The van der Waals surface area contributed by atoms with Gasteiger partial charge in [0.25, 0.3) is 10.2 Å². The smallest absolute Gasteiger partial charge is 0.279 e. The van der Waals surface area contributed by atoms with Crippen molar-refractivity contribution in [2.75, 3.05) is 13.6 Å². The van der Waals surface area contributed by atoms with Crippen molar-refractivity contribution in [3.63, 3.8) is 0 Å². The first-order valence-corrected chi connectivity index (χ1v) is 7.10. The molecule has 0 bridgehead atoms. The summed E-state index contributed by atoms with van der Waals surface area (Å²) in [5.41, 5.74) is 5.56. The normalized spacial score (nSPS) is 15.1. The van der Waals surface area contributed by atoms with Crippen molar-refractivity contribution in [2.24, 2.45) is 11.7 Å². The molecule has 0 amide bonds. The van der Waals surface area contributed by atoms with Crippen molar-refractivity contribution < 1.29 is 8.42 Å². The second-order valence-corrected chi connectivity index (χ2v) is 6.56. The van der Waals surface area contributed by atoms with E-state index in [1.54, 1.807) is 7.05 Å². The van der Waals surface area contributed by atoms with Crippen LogP contribution in [0.3, 0.4) is 0 Å². The van der Waals surface area contributed by atoms with Gasteiger partial charge in [-0.25, -0.2) is 0 Å². The third kappa shape index (κ3) is 5.25. The lowest BCUT2D eigenvalue weighted by Crippen LogP contribution is -2.48. The molecule has 0 aliphatic heterocycles. The highest BCUT2D eigenvalue weighted by Crippen LogP contribution is 2.07. The van der Waals surface area contributed by atoms with Crippen LogP contribution in [0.25, 0.3) is 0 Å². The van der Waals surface area contributed by atoms with Crippen molar-refractivity contribution in [1.29, 1.82) is 0 Å². The fourth-order valence-corrected chi connectivity index (χ4v) is 2.67. The SMILES string of the molecule is CC(C)CC(CN)NS(=O)(=O)N(C)C(C)C. The minimum Gasteiger partial charge on any atom is -0.329 e. The third-order valence-electron chi connectivity index (χ3n) is 2.46. The van der Waals surface area contributed by atoms with Crippen LogP contribution in [0.4, 0.5) is 0 Å². The summed E-state index contributed by atoms with van der Waals surface area (Å²) in [5, 5.41) is 0. The number of nitrogens with two attached hydrogens (primary N) is 1. The van der Waals surface area contributed by atoms with Gasteiger partial charge in [0.15, 0.2) is 0 Å². The van der Waals surface area contributed by atoms with Gasteiger partial charge in [-0.05, 0) is 26.2 Å². The van der Waals surface area contributed by atoms with Gasteiger partial charge in [-0.3, -0.25) is 0 Å². The van der Waals surface area contributed by atoms with Gasteiger partial charge < -0.3 is 5.73 Å². The number of nitrogens with one attached hydrogen (secondary N) is 1. The Balaban J connectivity index is 4.55. The van der Waals surface area contributed by atoms with E-state index in [-0.39, 0.29) is 12.1 Å². The summed E-state index contributed by atoms with van der Waals surface area (Å²) in [6.07, 6.45) is 0.752. The Morgan fingerprint density at radius 3 is 2.06 bits per heavy atom. The lowest BCUT2D eigenvalue weighted by Gasteiger charge is -2.25. The minimum absolute atomic E-state index is 0.0602. The van der Waals surface area contributed by atoms with Gasteiger partial charge in [0.2, 0.25) is 0 Å². The van der Waals surface area contributed by atoms with E-state index < -0.39 is 10.2 Å². The maximum absolute atomic E-state index is 11.9. The van der Waals surface area contributed by atoms with Crippen molar-refractivity contribution in [1.82, 2.24) is 9.03 Å². The van der Waals surface area contributed by atoms with E-state index in [1.165, 1.54) is 4.31 Å². The standard InChI is InChI=1S/C10H25N3O2S/c1-8(2)6-10(7-11)12-16(14,15)13(5)9(3)4/h8-10,12H,6-7,11H2,1-5H3. The van der Waals surface area contributed by atoms with Crippen molar-refractivity contribution in [3.8, 4) is 0 Å². The van der Waals surface area contributed by atoms with Crippen LogP contribution in [0.5, 0.6) is 0 Å². The molecule has 0 saturated carbocycles. The summed E-state index contributed by atoms with van der Waals surface area (Å²) in [4.78, 5) is 0. The van der Waals surface area contributed by atoms with Crippen molar-refractivity contribution in [2.45, 2.75) is 46.2 Å². The average Bonchev–Trinajstić information content (AvgIpc) is 2.14. The molecule has 0 aliphatic carbocycles. The predicted molar refractivity (Wildman–Crippen MR) is 67.3 cm³/mol. The highest BCUT2D eigenvalue weighted by atomic mass is 32.2. The van der Waals surface area contributed by atoms with Gasteiger partial charge in [0.1, 0.15) is 0 Å².